The molecule has 13 heavy (non-hydrogen) atoms. The molecule has 0 aliphatic heterocycles. The smallest absolute Gasteiger partial charge is 0.143 e. The minimum Gasteiger partial charge on any atom is -0.299 e. The van der Waals surface area contributed by atoms with Gasteiger partial charge in [0.05, 0.1) is 0 Å². The molecule has 0 saturated heterocycles. The van der Waals surface area contributed by atoms with E-state index in [2.05, 4.69) is 0 Å². The van der Waals surface area contributed by atoms with Crippen LogP contribution in [0.3, 0.4) is 0 Å². The third-order valence-electron chi connectivity index (χ3n) is 1.58. The van der Waals surface area contributed by atoms with Crippen LogP contribution in [0.4, 0.5) is 0 Å². The normalized spacial score (nSPS) is 11.4. The van der Waals surface area contributed by atoms with Gasteiger partial charge in [-0.25, -0.2) is 0 Å². The molecule has 0 N–H and O–H groups in total. The second-order valence-electron chi connectivity index (χ2n) is 2.35. The Morgan fingerprint density at radius 3 is 2.69 bits per heavy atom. The largest absolute Gasteiger partial charge is 0.299 e. The first-order valence-corrected chi connectivity index (χ1v) is 5.34. The topological polar surface area (TPSA) is 17.1 Å². The molecule has 0 saturated carbocycles. The number of halogens is 1. The number of allylic oxidation sites excluding steroid dienone is 1. The van der Waals surface area contributed by atoms with Gasteiger partial charge in [0.1, 0.15) is 6.29 Å². The summed E-state index contributed by atoms with van der Waals surface area (Å²) >= 11 is 7.47. The molecule has 0 radical (unpaired) electrons. The van der Waals surface area contributed by atoms with Crippen LogP contribution >= 0.6 is 23.4 Å². The summed E-state index contributed by atoms with van der Waals surface area (Å²) in [5, 5.41) is 0.671. The fourth-order valence-corrected chi connectivity index (χ4v) is 1.87. The summed E-state index contributed by atoms with van der Waals surface area (Å²) in [6.45, 7) is 0. The summed E-state index contributed by atoms with van der Waals surface area (Å²) in [6.07, 6.45) is 4.21. The van der Waals surface area contributed by atoms with E-state index in [9.17, 15) is 4.79 Å². The second-order valence-corrected chi connectivity index (χ2v) is 3.61. The van der Waals surface area contributed by atoms with Crippen molar-refractivity contribution in [3.05, 3.63) is 40.9 Å². The molecule has 0 spiro atoms. The van der Waals surface area contributed by atoms with Crippen molar-refractivity contribution >= 4 is 34.6 Å². The molecule has 0 aromatic heterocycles. The fourth-order valence-electron chi connectivity index (χ4n) is 0.991. The Morgan fingerprint density at radius 1 is 1.46 bits per heavy atom. The van der Waals surface area contributed by atoms with Gasteiger partial charge in [0.2, 0.25) is 0 Å². The molecule has 68 valence electrons. The number of thioether (sulfide) groups is 1. The molecule has 1 aromatic carbocycles. The third-order valence-corrected chi connectivity index (χ3v) is 2.70. The lowest BCUT2D eigenvalue weighted by Gasteiger charge is -2.04. The Balaban J connectivity index is 3.12. The Morgan fingerprint density at radius 2 is 2.15 bits per heavy atom. The number of hydrogen-bond donors (Lipinski definition) is 0. The first-order chi connectivity index (χ1) is 6.29. The van der Waals surface area contributed by atoms with Crippen molar-refractivity contribution in [2.45, 2.75) is 0 Å². The third kappa shape index (κ3) is 2.61. The van der Waals surface area contributed by atoms with Gasteiger partial charge in [0.25, 0.3) is 0 Å². The van der Waals surface area contributed by atoms with E-state index in [1.165, 1.54) is 17.8 Å². The Kier molecular flexibility index (Phi) is 4.06. The van der Waals surface area contributed by atoms with Crippen LogP contribution in [0.2, 0.25) is 5.02 Å². The Labute approximate surface area is 86.8 Å². The number of hydrogen-bond acceptors (Lipinski definition) is 2. The first-order valence-electron chi connectivity index (χ1n) is 3.74. The predicted molar refractivity (Wildman–Crippen MR) is 59.0 cm³/mol. The monoisotopic (exact) mass is 212 g/mol. The van der Waals surface area contributed by atoms with E-state index in [-0.39, 0.29) is 0 Å². The zero-order valence-corrected chi connectivity index (χ0v) is 8.73. The number of carbonyl (C=O) groups excluding carboxylic acids is 1. The minimum atomic E-state index is 0.671. The van der Waals surface area contributed by atoms with Crippen LogP contribution in [0.5, 0.6) is 0 Å². The average Bonchev–Trinajstić information content (AvgIpc) is 2.16. The highest BCUT2D eigenvalue weighted by Gasteiger charge is 2.03. The van der Waals surface area contributed by atoms with Crippen molar-refractivity contribution in [1.29, 1.82) is 0 Å². The summed E-state index contributed by atoms with van der Waals surface area (Å²) < 4.78 is 0. The molecule has 0 aliphatic carbocycles. The quantitative estimate of drug-likeness (QED) is 0.565. The van der Waals surface area contributed by atoms with Gasteiger partial charge in [-0.3, -0.25) is 4.79 Å². The predicted octanol–water partition coefficient (Wildman–Crippen LogP) is 3.24. The maximum Gasteiger partial charge on any atom is 0.143 e. The van der Waals surface area contributed by atoms with Crippen molar-refractivity contribution in [3.63, 3.8) is 0 Å². The summed E-state index contributed by atoms with van der Waals surface area (Å²) in [5.74, 6) is 0. The second kappa shape index (κ2) is 5.10. The van der Waals surface area contributed by atoms with Crippen molar-refractivity contribution in [2.75, 3.05) is 6.26 Å². The number of rotatable bonds is 3. The van der Waals surface area contributed by atoms with E-state index < -0.39 is 0 Å². The molecule has 0 amide bonds. The Hall–Kier alpha value is -0.730. The summed E-state index contributed by atoms with van der Waals surface area (Å²) in [7, 11) is 0. The van der Waals surface area contributed by atoms with Gasteiger partial charge in [0, 0.05) is 15.5 Å². The SMILES string of the molecule is CS/C(=C/C=O)c1ccccc1Cl. The van der Waals surface area contributed by atoms with E-state index >= 15 is 0 Å². The Bertz CT molecular complexity index is 333. The molecule has 0 unspecified atom stereocenters. The molecule has 1 nitrogen and oxygen atoms in total. The molecule has 0 aliphatic rings. The zero-order valence-electron chi connectivity index (χ0n) is 7.16. The highest BCUT2D eigenvalue weighted by Crippen LogP contribution is 2.29. The standard InChI is InChI=1S/C10H9ClOS/c1-13-10(6-7-12)8-4-2-3-5-9(8)11/h2-7H,1H3/b10-6+. The van der Waals surface area contributed by atoms with Crippen LogP contribution in [0.15, 0.2) is 30.3 Å². The lowest BCUT2D eigenvalue weighted by atomic mass is 10.2. The summed E-state index contributed by atoms with van der Waals surface area (Å²) in [4.78, 5) is 11.2. The molecule has 1 rings (SSSR count). The maximum atomic E-state index is 10.3. The molecular formula is C10H9ClOS. The van der Waals surface area contributed by atoms with Crippen LogP contribution in [-0.4, -0.2) is 12.5 Å². The van der Waals surface area contributed by atoms with Crippen LogP contribution in [0.25, 0.3) is 4.91 Å². The van der Waals surface area contributed by atoms with Crippen molar-refractivity contribution in [2.24, 2.45) is 0 Å². The van der Waals surface area contributed by atoms with Crippen LogP contribution < -0.4 is 0 Å². The molecule has 0 heterocycles. The first kappa shape index (κ1) is 10.4. The van der Waals surface area contributed by atoms with Crippen LogP contribution in [0.1, 0.15) is 5.56 Å². The van der Waals surface area contributed by atoms with Gasteiger partial charge in [-0.2, -0.15) is 0 Å². The van der Waals surface area contributed by atoms with Crippen LogP contribution in [-0.2, 0) is 4.79 Å². The fraction of sp³-hybridized carbons (Fsp3) is 0.100. The molecule has 1 aromatic rings. The van der Waals surface area contributed by atoms with Crippen molar-refractivity contribution in [1.82, 2.24) is 0 Å². The average molecular weight is 213 g/mol. The highest BCUT2D eigenvalue weighted by molar-refractivity contribution is 8.07. The zero-order chi connectivity index (χ0) is 9.68. The number of carbonyl (C=O) groups is 1. The van der Waals surface area contributed by atoms with Gasteiger partial charge < -0.3 is 0 Å². The maximum absolute atomic E-state index is 10.3. The molecule has 0 atom stereocenters. The van der Waals surface area contributed by atoms with Crippen LogP contribution in [0, 0.1) is 0 Å². The lowest BCUT2D eigenvalue weighted by Crippen LogP contribution is -1.81. The van der Waals surface area contributed by atoms with E-state index in [1.807, 2.05) is 30.5 Å². The summed E-state index contributed by atoms with van der Waals surface area (Å²) in [6, 6.07) is 7.47. The number of benzene rings is 1. The van der Waals surface area contributed by atoms with E-state index in [0.717, 1.165) is 16.8 Å². The van der Waals surface area contributed by atoms with Crippen molar-refractivity contribution < 1.29 is 4.79 Å². The van der Waals surface area contributed by atoms with Gasteiger partial charge in [-0.15, -0.1) is 11.8 Å². The van der Waals surface area contributed by atoms with Crippen molar-refractivity contribution in [3.8, 4) is 0 Å². The molecule has 3 heteroatoms. The van der Waals surface area contributed by atoms with E-state index in [0.29, 0.717) is 5.02 Å². The van der Waals surface area contributed by atoms with Gasteiger partial charge in [0.15, 0.2) is 0 Å². The van der Waals surface area contributed by atoms with Gasteiger partial charge in [-0.05, 0) is 18.4 Å². The number of aldehydes is 1. The van der Waals surface area contributed by atoms with E-state index in [4.69, 9.17) is 11.6 Å². The summed E-state index contributed by atoms with van der Waals surface area (Å²) in [5.41, 5.74) is 0.906. The van der Waals surface area contributed by atoms with Gasteiger partial charge in [-0.1, -0.05) is 29.8 Å². The molecule has 0 bridgehead atoms. The lowest BCUT2D eigenvalue weighted by molar-refractivity contribution is -0.104. The van der Waals surface area contributed by atoms with Gasteiger partial charge >= 0.3 is 0 Å². The van der Waals surface area contributed by atoms with E-state index in [1.54, 1.807) is 0 Å². The minimum absolute atomic E-state index is 0.671. The molecule has 0 fully saturated rings. The molecular weight excluding hydrogens is 204 g/mol. The highest BCUT2D eigenvalue weighted by atomic mass is 35.5.